The van der Waals surface area contributed by atoms with Crippen molar-refractivity contribution < 1.29 is 19.0 Å². The van der Waals surface area contributed by atoms with Gasteiger partial charge in [0.25, 0.3) is 5.91 Å². The molecular formula is C21H26N2O4. The number of methoxy groups -OCH3 is 1. The molecule has 0 heterocycles. The second-order valence-corrected chi connectivity index (χ2v) is 6.10. The first kappa shape index (κ1) is 20.3. The van der Waals surface area contributed by atoms with E-state index in [0.717, 1.165) is 16.7 Å². The minimum atomic E-state index is -0.342. The van der Waals surface area contributed by atoms with Crippen LogP contribution in [0.4, 0.5) is 0 Å². The molecule has 6 nitrogen and oxygen atoms in total. The van der Waals surface area contributed by atoms with Crippen LogP contribution in [-0.4, -0.2) is 32.4 Å². The zero-order chi connectivity index (χ0) is 19.8. The van der Waals surface area contributed by atoms with E-state index in [2.05, 4.69) is 16.6 Å². The molecule has 0 saturated heterocycles. The molecule has 2 rings (SSSR count). The van der Waals surface area contributed by atoms with E-state index in [-0.39, 0.29) is 12.5 Å². The Morgan fingerprint density at radius 3 is 2.63 bits per heavy atom. The van der Waals surface area contributed by atoms with E-state index in [1.165, 1.54) is 6.21 Å². The third-order valence-electron chi connectivity index (χ3n) is 4.03. The van der Waals surface area contributed by atoms with Crippen LogP contribution in [0.5, 0.6) is 17.2 Å². The minimum absolute atomic E-state index is 0.114. The molecule has 6 heteroatoms. The number of hydrogen-bond acceptors (Lipinski definition) is 5. The molecule has 0 radical (unpaired) electrons. The second-order valence-electron chi connectivity index (χ2n) is 6.10. The highest BCUT2D eigenvalue weighted by molar-refractivity contribution is 5.86. The lowest BCUT2D eigenvalue weighted by Gasteiger charge is -2.12. The Kier molecular flexibility index (Phi) is 7.23. The number of aryl methyl sites for hydroxylation is 2. The average Bonchev–Trinajstić information content (AvgIpc) is 2.64. The summed E-state index contributed by atoms with van der Waals surface area (Å²) < 4.78 is 16.5. The molecule has 0 unspecified atom stereocenters. The van der Waals surface area contributed by atoms with Gasteiger partial charge in [-0.2, -0.15) is 5.10 Å². The Bertz CT molecular complexity index is 831. The van der Waals surface area contributed by atoms with Gasteiger partial charge in [0.05, 0.1) is 19.9 Å². The van der Waals surface area contributed by atoms with Crippen LogP contribution < -0.4 is 19.6 Å². The van der Waals surface area contributed by atoms with Crippen LogP contribution in [-0.2, 0) is 4.79 Å². The van der Waals surface area contributed by atoms with Gasteiger partial charge in [-0.25, -0.2) is 5.43 Å². The zero-order valence-electron chi connectivity index (χ0n) is 16.5. The number of carbonyl (C=O) groups excluding carboxylic acids is 1. The molecule has 1 N–H and O–H groups in total. The fraction of sp³-hybridized carbons (Fsp3) is 0.333. The number of carbonyl (C=O) groups is 1. The summed E-state index contributed by atoms with van der Waals surface area (Å²) in [4.78, 5) is 12.0. The fourth-order valence-electron chi connectivity index (χ4n) is 2.59. The van der Waals surface area contributed by atoms with Gasteiger partial charge in [0, 0.05) is 5.56 Å². The van der Waals surface area contributed by atoms with Crippen LogP contribution >= 0.6 is 0 Å². The summed E-state index contributed by atoms with van der Waals surface area (Å²) in [5.41, 5.74) is 6.42. The molecule has 2 aromatic rings. The first-order valence-electron chi connectivity index (χ1n) is 8.78. The molecule has 144 valence electrons. The average molecular weight is 370 g/mol. The summed E-state index contributed by atoms with van der Waals surface area (Å²) in [6.07, 6.45) is 1.52. The third kappa shape index (κ3) is 5.48. The quantitative estimate of drug-likeness (QED) is 0.570. The summed E-state index contributed by atoms with van der Waals surface area (Å²) in [5.74, 6) is 1.56. The van der Waals surface area contributed by atoms with Gasteiger partial charge in [-0.3, -0.25) is 4.79 Å². The van der Waals surface area contributed by atoms with Gasteiger partial charge in [-0.05, 0) is 62.6 Å². The Morgan fingerprint density at radius 1 is 1.15 bits per heavy atom. The number of hydrazone groups is 1. The van der Waals surface area contributed by atoms with E-state index in [1.807, 2.05) is 45.9 Å². The van der Waals surface area contributed by atoms with Gasteiger partial charge in [0.2, 0.25) is 0 Å². The molecule has 0 fully saturated rings. The maximum atomic E-state index is 12.0. The number of ether oxygens (including phenoxy) is 3. The van der Waals surface area contributed by atoms with Crippen molar-refractivity contribution in [1.29, 1.82) is 0 Å². The summed E-state index contributed by atoms with van der Waals surface area (Å²) in [6, 6.07) is 9.47. The highest BCUT2D eigenvalue weighted by Gasteiger charge is 2.09. The van der Waals surface area contributed by atoms with Gasteiger partial charge in [-0.1, -0.05) is 12.1 Å². The highest BCUT2D eigenvalue weighted by atomic mass is 16.5. The van der Waals surface area contributed by atoms with Crippen molar-refractivity contribution in [2.75, 3.05) is 20.3 Å². The molecule has 0 saturated carbocycles. The van der Waals surface area contributed by atoms with Crippen molar-refractivity contribution in [2.24, 2.45) is 5.10 Å². The molecule has 0 aliphatic carbocycles. The molecular weight excluding hydrogens is 344 g/mol. The molecule has 1 amide bonds. The van der Waals surface area contributed by atoms with Crippen molar-refractivity contribution in [3.8, 4) is 17.2 Å². The molecule has 0 spiro atoms. The zero-order valence-corrected chi connectivity index (χ0v) is 16.5. The van der Waals surface area contributed by atoms with Gasteiger partial charge in [-0.15, -0.1) is 0 Å². The van der Waals surface area contributed by atoms with Gasteiger partial charge in [0.1, 0.15) is 5.75 Å². The highest BCUT2D eigenvalue weighted by Crippen LogP contribution is 2.29. The molecule has 0 aliphatic heterocycles. The second kappa shape index (κ2) is 9.62. The number of benzene rings is 2. The Balaban J connectivity index is 1.98. The lowest BCUT2D eigenvalue weighted by Crippen LogP contribution is -2.24. The molecule has 0 atom stereocenters. The summed E-state index contributed by atoms with van der Waals surface area (Å²) >= 11 is 0. The van der Waals surface area contributed by atoms with E-state index < -0.39 is 0 Å². The van der Waals surface area contributed by atoms with Crippen LogP contribution in [0.15, 0.2) is 35.4 Å². The van der Waals surface area contributed by atoms with Crippen LogP contribution in [0.2, 0.25) is 0 Å². The van der Waals surface area contributed by atoms with Crippen LogP contribution in [0, 0.1) is 20.8 Å². The number of rotatable bonds is 8. The summed E-state index contributed by atoms with van der Waals surface area (Å²) in [6.45, 7) is 8.26. The summed E-state index contributed by atoms with van der Waals surface area (Å²) in [7, 11) is 1.58. The van der Waals surface area contributed by atoms with E-state index in [9.17, 15) is 4.79 Å². The van der Waals surface area contributed by atoms with Crippen molar-refractivity contribution >= 4 is 12.1 Å². The standard InChI is InChI=1S/C21H26N2O4/c1-6-26-21-17(8-7-9-18(21)25-5)12-22-23-20(24)13-27-19-11-14(2)10-15(3)16(19)4/h7-12H,6,13H2,1-5H3,(H,23,24)/b22-12+. The van der Waals surface area contributed by atoms with Crippen LogP contribution in [0.1, 0.15) is 29.2 Å². The SMILES string of the molecule is CCOc1c(/C=N/NC(=O)COc2cc(C)cc(C)c2C)cccc1OC. The van der Waals surface area contributed by atoms with Crippen molar-refractivity contribution in [2.45, 2.75) is 27.7 Å². The number of para-hydroxylation sites is 1. The van der Waals surface area contributed by atoms with Crippen LogP contribution in [0.25, 0.3) is 0 Å². The number of amides is 1. The Hall–Kier alpha value is -3.02. The first-order chi connectivity index (χ1) is 13.0. The number of nitrogens with one attached hydrogen (secondary N) is 1. The monoisotopic (exact) mass is 370 g/mol. The van der Waals surface area contributed by atoms with Crippen LogP contribution in [0.3, 0.4) is 0 Å². The largest absolute Gasteiger partial charge is 0.493 e. The molecule has 27 heavy (non-hydrogen) atoms. The van der Waals surface area contributed by atoms with E-state index in [4.69, 9.17) is 14.2 Å². The minimum Gasteiger partial charge on any atom is -0.493 e. The van der Waals surface area contributed by atoms with E-state index >= 15 is 0 Å². The maximum Gasteiger partial charge on any atom is 0.277 e. The van der Waals surface area contributed by atoms with E-state index in [0.29, 0.717) is 29.4 Å². The smallest absolute Gasteiger partial charge is 0.277 e. The molecule has 0 aliphatic rings. The Labute approximate surface area is 160 Å². The topological polar surface area (TPSA) is 69.2 Å². The molecule has 0 bridgehead atoms. The molecule has 0 aromatic heterocycles. The number of nitrogens with zero attached hydrogens (tertiary/aromatic N) is 1. The van der Waals surface area contributed by atoms with Crippen molar-refractivity contribution in [3.63, 3.8) is 0 Å². The lowest BCUT2D eigenvalue weighted by atomic mass is 10.1. The number of hydrogen-bond donors (Lipinski definition) is 1. The summed E-state index contributed by atoms with van der Waals surface area (Å²) in [5, 5.41) is 3.99. The van der Waals surface area contributed by atoms with Gasteiger partial charge in [0.15, 0.2) is 18.1 Å². The predicted octanol–water partition coefficient (Wildman–Crippen LogP) is 3.55. The van der Waals surface area contributed by atoms with Gasteiger partial charge >= 0.3 is 0 Å². The Morgan fingerprint density at radius 2 is 1.93 bits per heavy atom. The van der Waals surface area contributed by atoms with Crippen molar-refractivity contribution in [1.82, 2.24) is 5.43 Å². The van der Waals surface area contributed by atoms with E-state index in [1.54, 1.807) is 13.2 Å². The van der Waals surface area contributed by atoms with Crippen molar-refractivity contribution in [3.05, 3.63) is 52.6 Å². The predicted molar refractivity (Wildman–Crippen MR) is 106 cm³/mol. The normalized spacial score (nSPS) is 10.7. The maximum absolute atomic E-state index is 12.0. The first-order valence-corrected chi connectivity index (χ1v) is 8.78. The third-order valence-corrected chi connectivity index (χ3v) is 4.03. The molecule has 2 aromatic carbocycles. The van der Waals surface area contributed by atoms with Gasteiger partial charge < -0.3 is 14.2 Å². The lowest BCUT2D eigenvalue weighted by molar-refractivity contribution is -0.123. The fourth-order valence-corrected chi connectivity index (χ4v) is 2.59.